The standard InChI is InChI=1S/C29H30N4O4S/c1-18(38-17-30)8-7-9-22-19(2)28(36)33(16-27(34)35)29(22)23-12-10-20(31(3)4)14-25(23)37-26-15-21(32(5)6)11-13-24(26)29/h7-15H,16H2,1-6H3,(H,34,35)/b9-7-,18-8+. The molecule has 2 aromatic carbocycles. The van der Waals surface area contributed by atoms with Gasteiger partial charge in [0.05, 0.1) is 0 Å². The van der Waals surface area contributed by atoms with Crippen molar-refractivity contribution in [3.8, 4) is 16.9 Å². The molecule has 0 saturated carbocycles. The minimum atomic E-state index is -1.22. The fourth-order valence-electron chi connectivity index (χ4n) is 5.03. The fraction of sp³-hybridized carbons (Fsp3) is 0.276. The fourth-order valence-corrected chi connectivity index (χ4v) is 5.32. The van der Waals surface area contributed by atoms with E-state index in [9.17, 15) is 14.7 Å². The first-order valence-electron chi connectivity index (χ1n) is 12.0. The summed E-state index contributed by atoms with van der Waals surface area (Å²) in [6.45, 7) is 3.07. The van der Waals surface area contributed by atoms with Crippen molar-refractivity contribution in [3.05, 3.63) is 81.8 Å². The van der Waals surface area contributed by atoms with Gasteiger partial charge in [0.15, 0.2) is 0 Å². The Bertz CT molecular complexity index is 1390. The Morgan fingerprint density at radius 1 is 1.11 bits per heavy atom. The normalized spacial score (nSPS) is 15.9. The zero-order valence-corrected chi connectivity index (χ0v) is 23.1. The molecule has 1 spiro atoms. The molecule has 0 fully saturated rings. The maximum atomic E-state index is 13.7. The molecule has 38 heavy (non-hydrogen) atoms. The van der Waals surface area contributed by atoms with E-state index in [1.165, 1.54) is 4.90 Å². The maximum absolute atomic E-state index is 13.7. The highest BCUT2D eigenvalue weighted by Gasteiger charge is 2.56. The van der Waals surface area contributed by atoms with E-state index in [2.05, 4.69) is 5.40 Å². The maximum Gasteiger partial charge on any atom is 0.323 e. The molecular formula is C29H30N4O4S. The third-order valence-corrected chi connectivity index (χ3v) is 7.37. The summed E-state index contributed by atoms with van der Waals surface area (Å²) in [4.78, 5) is 32.0. The van der Waals surface area contributed by atoms with Gasteiger partial charge in [-0.3, -0.25) is 9.59 Å². The van der Waals surface area contributed by atoms with Crippen LogP contribution in [0.1, 0.15) is 25.0 Å². The molecule has 0 aliphatic carbocycles. The average Bonchev–Trinajstić information content (AvgIpc) is 3.05. The van der Waals surface area contributed by atoms with E-state index in [1.54, 1.807) is 19.1 Å². The van der Waals surface area contributed by atoms with Crippen molar-refractivity contribution < 1.29 is 19.4 Å². The third-order valence-electron chi connectivity index (χ3n) is 6.82. The number of benzene rings is 2. The number of thioether (sulfide) groups is 1. The second kappa shape index (κ2) is 10.3. The van der Waals surface area contributed by atoms with E-state index in [4.69, 9.17) is 10.00 Å². The van der Waals surface area contributed by atoms with Crippen molar-refractivity contribution in [2.45, 2.75) is 19.4 Å². The number of hydrogen-bond donors (Lipinski definition) is 1. The molecule has 4 rings (SSSR count). The molecule has 0 aromatic heterocycles. The predicted molar refractivity (Wildman–Crippen MR) is 151 cm³/mol. The van der Waals surface area contributed by atoms with E-state index < -0.39 is 18.1 Å². The smallest absolute Gasteiger partial charge is 0.323 e. The predicted octanol–water partition coefficient (Wildman–Crippen LogP) is 5.09. The first-order chi connectivity index (χ1) is 18.0. The SMILES string of the molecule is CC1=C(/C=C\C=C(/C)SC#N)C2(c3ccc(N(C)C)cc3Oc3cc(N(C)C)ccc32)N(CC(=O)O)C1=O. The third kappa shape index (κ3) is 4.41. The van der Waals surface area contributed by atoms with Gasteiger partial charge in [-0.2, -0.15) is 5.26 Å². The lowest BCUT2D eigenvalue weighted by Crippen LogP contribution is -2.50. The number of aliphatic carboxylic acids is 1. The highest BCUT2D eigenvalue weighted by molar-refractivity contribution is 8.07. The van der Waals surface area contributed by atoms with E-state index in [0.717, 1.165) is 28.0 Å². The summed E-state index contributed by atoms with van der Waals surface area (Å²) < 4.78 is 6.46. The van der Waals surface area contributed by atoms with Crippen molar-refractivity contribution in [2.75, 3.05) is 44.5 Å². The minimum absolute atomic E-state index is 0.355. The Hall–Kier alpha value is -4.16. The zero-order chi connectivity index (χ0) is 27.8. The number of nitrogens with zero attached hydrogens (tertiary/aromatic N) is 4. The summed E-state index contributed by atoms with van der Waals surface area (Å²) in [5, 5.41) is 20.9. The van der Waals surface area contributed by atoms with E-state index in [1.807, 2.05) is 87.4 Å². The largest absolute Gasteiger partial charge is 0.480 e. The molecule has 0 saturated heterocycles. The topological polar surface area (TPSA) is 97.1 Å². The van der Waals surface area contributed by atoms with Crippen molar-refractivity contribution in [1.29, 1.82) is 5.26 Å². The van der Waals surface area contributed by atoms with Crippen molar-refractivity contribution in [2.24, 2.45) is 0 Å². The molecule has 1 amide bonds. The number of carboxylic acid groups (broad SMARTS) is 1. The van der Waals surface area contributed by atoms with Gasteiger partial charge < -0.3 is 24.5 Å². The molecule has 2 aliphatic heterocycles. The molecule has 0 radical (unpaired) electrons. The Balaban J connectivity index is 2.08. The molecule has 2 aliphatic rings. The number of carbonyl (C=O) groups excluding carboxylic acids is 1. The minimum Gasteiger partial charge on any atom is -0.480 e. The number of hydrogen-bond acceptors (Lipinski definition) is 7. The summed E-state index contributed by atoms with van der Waals surface area (Å²) in [5.41, 5.74) is 3.08. The number of anilines is 2. The van der Waals surface area contributed by atoms with Crippen LogP contribution >= 0.6 is 11.8 Å². The van der Waals surface area contributed by atoms with Gasteiger partial charge in [-0.1, -0.05) is 30.4 Å². The van der Waals surface area contributed by atoms with E-state index in [-0.39, 0.29) is 5.91 Å². The highest BCUT2D eigenvalue weighted by Crippen LogP contribution is 2.58. The van der Waals surface area contributed by atoms with Crippen LogP contribution in [0.15, 0.2) is 70.7 Å². The number of ether oxygens (including phenoxy) is 1. The highest BCUT2D eigenvalue weighted by atomic mass is 32.2. The quantitative estimate of drug-likeness (QED) is 0.391. The molecule has 0 bridgehead atoms. The number of carbonyl (C=O) groups is 2. The molecule has 9 heteroatoms. The van der Waals surface area contributed by atoms with Gasteiger partial charge in [-0.15, -0.1) is 0 Å². The van der Waals surface area contributed by atoms with Gasteiger partial charge in [0, 0.05) is 68.4 Å². The van der Waals surface area contributed by atoms with E-state index in [0.29, 0.717) is 33.8 Å². The monoisotopic (exact) mass is 530 g/mol. The number of allylic oxidation sites excluding steroid dienone is 3. The summed E-state index contributed by atoms with van der Waals surface area (Å²) >= 11 is 1.05. The van der Waals surface area contributed by atoms with Crippen LogP contribution in [0.3, 0.4) is 0 Å². The number of thiocyanates is 1. The molecule has 196 valence electrons. The first kappa shape index (κ1) is 26.9. The van der Waals surface area contributed by atoms with Gasteiger partial charge >= 0.3 is 5.97 Å². The molecule has 1 N–H and O–H groups in total. The Labute approximate surface area is 227 Å². The lowest BCUT2D eigenvalue weighted by Gasteiger charge is -2.45. The number of fused-ring (bicyclic) bond motifs is 4. The lowest BCUT2D eigenvalue weighted by molar-refractivity contribution is -0.144. The summed E-state index contributed by atoms with van der Waals surface area (Å²) in [6, 6.07) is 11.5. The summed E-state index contributed by atoms with van der Waals surface area (Å²) in [6.07, 6.45) is 5.45. The summed E-state index contributed by atoms with van der Waals surface area (Å²) in [5.74, 6) is -0.363. The first-order valence-corrected chi connectivity index (χ1v) is 12.8. The van der Waals surface area contributed by atoms with E-state index >= 15 is 0 Å². The van der Waals surface area contributed by atoms with Crippen LogP contribution in [-0.2, 0) is 15.1 Å². The second-order valence-corrected chi connectivity index (χ2v) is 10.6. The molecular weight excluding hydrogens is 500 g/mol. The number of nitriles is 1. The van der Waals surface area contributed by atoms with Crippen LogP contribution in [0.25, 0.3) is 0 Å². The van der Waals surface area contributed by atoms with Crippen molar-refractivity contribution >= 4 is 35.0 Å². The van der Waals surface area contributed by atoms with Crippen LogP contribution in [-0.4, -0.2) is 56.6 Å². The van der Waals surface area contributed by atoms with Crippen LogP contribution in [0.5, 0.6) is 11.5 Å². The number of amides is 1. The molecule has 0 unspecified atom stereocenters. The summed E-state index contributed by atoms with van der Waals surface area (Å²) in [7, 11) is 7.72. The van der Waals surface area contributed by atoms with Gasteiger partial charge in [0.1, 0.15) is 29.0 Å². The van der Waals surface area contributed by atoms with Gasteiger partial charge in [0.25, 0.3) is 5.91 Å². The lowest BCUT2D eigenvalue weighted by atomic mass is 9.73. The van der Waals surface area contributed by atoms with Gasteiger partial charge in [0.2, 0.25) is 0 Å². The van der Waals surface area contributed by atoms with Crippen molar-refractivity contribution in [1.82, 2.24) is 4.90 Å². The average molecular weight is 531 g/mol. The second-order valence-electron chi connectivity index (χ2n) is 9.62. The van der Waals surface area contributed by atoms with Gasteiger partial charge in [-0.25, -0.2) is 0 Å². The van der Waals surface area contributed by atoms with Crippen LogP contribution < -0.4 is 14.5 Å². The van der Waals surface area contributed by atoms with Crippen molar-refractivity contribution in [3.63, 3.8) is 0 Å². The Morgan fingerprint density at radius 3 is 2.13 bits per heavy atom. The number of carboxylic acids is 1. The Morgan fingerprint density at radius 2 is 1.66 bits per heavy atom. The molecule has 2 heterocycles. The van der Waals surface area contributed by atoms with Crippen LogP contribution in [0.4, 0.5) is 11.4 Å². The van der Waals surface area contributed by atoms with Gasteiger partial charge in [-0.05, 0) is 48.2 Å². The Kier molecular flexibility index (Phi) is 7.29. The van der Waals surface area contributed by atoms with Crippen LogP contribution in [0.2, 0.25) is 0 Å². The number of rotatable bonds is 7. The van der Waals surface area contributed by atoms with Crippen LogP contribution in [0, 0.1) is 10.7 Å². The molecule has 8 nitrogen and oxygen atoms in total. The molecule has 2 aromatic rings. The molecule has 0 atom stereocenters. The zero-order valence-electron chi connectivity index (χ0n) is 22.3.